The van der Waals surface area contributed by atoms with Crippen LogP contribution in [0.3, 0.4) is 0 Å². The van der Waals surface area contributed by atoms with Crippen molar-refractivity contribution in [3.63, 3.8) is 0 Å². The van der Waals surface area contributed by atoms with Crippen LogP contribution in [0.2, 0.25) is 5.02 Å². The maximum atomic E-state index is 12.6. The van der Waals surface area contributed by atoms with Crippen LogP contribution in [0.25, 0.3) is 0 Å². The summed E-state index contributed by atoms with van der Waals surface area (Å²) in [5.41, 5.74) is 1.80. The van der Waals surface area contributed by atoms with Gasteiger partial charge >= 0.3 is 0 Å². The highest BCUT2D eigenvalue weighted by molar-refractivity contribution is 7.89. The smallest absolute Gasteiger partial charge is 0.289 e. The first-order chi connectivity index (χ1) is 12.5. The lowest BCUT2D eigenvalue weighted by Crippen LogP contribution is -2.35. The Morgan fingerprint density at radius 2 is 1.81 bits per heavy atom. The van der Waals surface area contributed by atoms with Crippen molar-refractivity contribution in [3.8, 4) is 0 Å². The number of sulfonamides is 1. The molecule has 0 spiro atoms. The highest BCUT2D eigenvalue weighted by Gasteiger charge is 2.26. The van der Waals surface area contributed by atoms with E-state index in [9.17, 15) is 23.3 Å². The highest BCUT2D eigenvalue weighted by atomic mass is 35.5. The molecule has 1 amide bonds. The van der Waals surface area contributed by atoms with E-state index in [4.69, 9.17) is 11.6 Å². The molecular weight excluding hydrogens is 394 g/mol. The number of rotatable bonds is 6. The van der Waals surface area contributed by atoms with E-state index in [2.05, 4.69) is 5.32 Å². The molecule has 2 aromatic rings. The number of benzene rings is 2. The van der Waals surface area contributed by atoms with Crippen molar-refractivity contribution in [3.05, 3.63) is 62.7 Å². The summed E-state index contributed by atoms with van der Waals surface area (Å²) in [5, 5.41) is 13.5. The van der Waals surface area contributed by atoms with E-state index in [1.165, 1.54) is 7.05 Å². The lowest BCUT2D eigenvalue weighted by Gasteiger charge is -2.18. The molecule has 0 saturated heterocycles. The Bertz CT molecular complexity index is 987. The van der Waals surface area contributed by atoms with Gasteiger partial charge in [0.2, 0.25) is 15.9 Å². The third-order valence-electron chi connectivity index (χ3n) is 3.93. The van der Waals surface area contributed by atoms with E-state index in [0.29, 0.717) is 5.69 Å². The molecule has 1 N–H and O–H groups in total. The van der Waals surface area contributed by atoms with Crippen LogP contribution in [0.5, 0.6) is 0 Å². The quantitative estimate of drug-likeness (QED) is 0.580. The number of nitro groups is 1. The van der Waals surface area contributed by atoms with Crippen molar-refractivity contribution >= 4 is 38.9 Å². The Morgan fingerprint density at radius 3 is 2.37 bits per heavy atom. The van der Waals surface area contributed by atoms with E-state index < -0.39 is 33.1 Å². The van der Waals surface area contributed by atoms with Gasteiger partial charge in [-0.1, -0.05) is 29.8 Å². The number of hydrogen-bond acceptors (Lipinski definition) is 5. The van der Waals surface area contributed by atoms with Gasteiger partial charge in [-0.3, -0.25) is 14.9 Å². The maximum Gasteiger partial charge on any atom is 0.289 e. The molecule has 2 rings (SSSR count). The summed E-state index contributed by atoms with van der Waals surface area (Å²) in [7, 11) is -2.89. The third kappa shape index (κ3) is 4.62. The van der Waals surface area contributed by atoms with Gasteiger partial charge in [0, 0.05) is 18.8 Å². The van der Waals surface area contributed by atoms with Gasteiger partial charge in [-0.25, -0.2) is 8.42 Å². The zero-order valence-electron chi connectivity index (χ0n) is 14.9. The van der Waals surface area contributed by atoms with Gasteiger partial charge in [-0.2, -0.15) is 4.31 Å². The average molecular weight is 412 g/mol. The van der Waals surface area contributed by atoms with Crippen LogP contribution in [0, 0.1) is 24.0 Å². The zero-order valence-corrected chi connectivity index (χ0v) is 16.5. The fourth-order valence-electron chi connectivity index (χ4n) is 2.45. The summed E-state index contributed by atoms with van der Waals surface area (Å²) in [6.07, 6.45) is 0. The fraction of sp³-hybridized carbons (Fsp3) is 0.235. The molecule has 0 aliphatic rings. The second kappa shape index (κ2) is 8.03. The molecule has 0 heterocycles. The lowest BCUT2D eigenvalue weighted by molar-refractivity contribution is -0.384. The van der Waals surface area contributed by atoms with E-state index in [0.717, 1.165) is 33.6 Å². The minimum Gasteiger partial charge on any atom is -0.324 e. The van der Waals surface area contributed by atoms with Gasteiger partial charge in [0.15, 0.2) is 0 Å². The molecule has 0 saturated carbocycles. The number of hydrogen-bond donors (Lipinski definition) is 1. The number of carbonyl (C=O) groups excluding carboxylic acids is 1. The van der Waals surface area contributed by atoms with Crippen molar-refractivity contribution in [2.75, 3.05) is 18.9 Å². The van der Waals surface area contributed by atoms with Crippen LogP contribution in [0.1, 0.15) is 11.1 Å². The van der Waals surface area contributed by atoms with Crippen LogP contribution in [0.15, 0.2) is 41.3 Å². The number of nitrogens with zero attached hydrogens (tertiary/aromatic N) is 2. The standard InChI is InChI=1S/C17H18ClN3O5S/c1-11-5-4-6-12(2)17(11)19-16(22)10-20(3)27(25,26)13-7-8-14(18)15(9-13)21(23)24/h4-9H,10H2,1-3H3,(H,19,22). The molecule has 8 nitrogen and oxygen atoms in total. The van der Waals surface area contributed by atoms with Crippen molar-refractivity contribution in [2.45, 2.75) is 18.7 Å². The Labute approximate surface area is 162 Å². The first kappa shape index (κ1) is 20.8. The molecule has 0 aromatic heterocycles. The molecule has 0 bridgehead atoms. The number of carbonyl (C=O) groups is 1. The van der Waals surface area contributed by atoms with Crippen LogP contribution in [-0.4, -0.2) is 37.1 Å². The number of nitrogens with one attached hydrogen (secondary N) is 1. The van der Waals surface area contributed by atoms with Gasteiger partial charge in [0.05, 0.1) is 16.4 Å². The van der Waals surface area contributed by atoms with Gasteiger partial charge in [-0.15, -0.1) is 0 Å². The summed E-state index contributed by atoms with van der Waals surface area (Å²) >= 11 is 5.71. The molecular formula is C17H18ClN3O5S. The molecule has 0 aliphatic heterocycles. The first-order valence-electron chi connectivity index (χ1n) is 7.80. The van der Waals surface area contributed by atoms with Gasteiger partial charge < -0.3 is 5.32 Å². The molecule has 0 aliphatic carbocycles. The largest absolute Gasteiger partial charge is 0.324 e. The zero-order chi connectivity index (χ0) is 20.4. The number of aryl methyl sites for hydroxylation is 2. The monoisotopic (exact) mass is 411 g/mol. The molecule has 0 unspecified atom stereocenters. The highest BCUT2D eigenvalue weighted by Crippen LogP contribution is 2.28. The van der Waals surface area contributed by atoms with Crippen LogP contribution in [-0.2, 0) is 14.8 Å². The summed E-state index contributed by atoms with van der Waals surface area (Å²) in [5.74, 6) is -0.526. The molecule has 0 radical (unpaired) electrons. The minimum atomic E-state index is -4.11. The Balaban J connectivity index is 2.21. The van der Waals surface area contributed by atoms with Crippen molar-refractivity contribution in [2.24, 2.45) is 0 Å². The van der Waals surface area contributed by atoms with Crippen LogP contribution >= 0.6 is 11.6 Å². The number of amides is 1. The normalized spacial score (nSPS) is 11.4. The molecule has 27 heavy (non-hydrogen) atoms. The molecule has 0 fully saturated rings. The number of likely N-dealkylation sites (N-methyl/N-ethyl adjacent to an activating group) is 1. The summed E-state index contributed by atoms with van der Waals surface area (Å²) in [4.78, 5) is 22.2. The van der Waals surface area contributed by atoms with Crippen molar-refractivity contribution in [1.82, 2.24) is 4.31 Å². The Morgan fingerprint density at radius 1 is 1.22 bits per heavy atom. The second-order valence-electron chi connectivity index (χ2n) is 5.95. The topological polar surface area (TPSA) is 110 Å². The van der Waals surface area contributed by atoms with E-state index in [-0.39, 0.29) is 9.92 Å². The number of nitro benzene ring substituents is 1. The number of para-hydroxylation sites is 1. The summed E-state index contributed by atoms with van der Waals surface area (Å²) in [6, 6.07) is 8.68. The van der Waals surface area contributed by atoms with E-state index in [1.807, 2.05) is 32.0 Å². The van der Waals surface area contributed by atoms with Gasteiger partial charge in [-0.05, 0) is 37.1 Å². The fourth-order valence-corrected chi connectivity index (χ4v) is 3.78. The minimum absolute atomic E-state index is 0.172. The van der Waals surface area contributed by atoms with Crippen molar-refractivity contribution < 1.29 is 18.1 Å². The third-order valence-corrected chi connectivity index (χ3v) is 6.05. The van der Waals surface area contributed by atoms with E-state index >= 15 is 0 Å². The second-order valence-corrected chi connectivity index (χ2v) is 8.40. The van der Waals surface area contributed by atoms with Crippen LogP contribution in [0.4, 0.5) is 11.4 Å². The molecule has 10 heteroatoms. The number of halogens is 1. The predicted molar refractivity (Wildman–Crippen MR) is 102 cm³/mol. The first-order valence-corrected chi connectivity index (χ1v) is 9.62. The molecule has 0 atom stereocenters. The van der Waals surface area contributed by atoms with Gasteiger partial charge in [0.1, 0.15) is 5.02 Å². The SMILES string of the molecule is Cc1cccc(C)c1NC(=O)CN(C)S(=O)(=O)c1ccc(Cl)c([N+](=O)[O-])c1. The Hall–Kier alpha value is -2.49. The average Bonchev–Trinajstić information content (AvgIpc) is 2.58. The van der Waals surface area contributed by atoms with Crippen molar-refractivity contribution in [1.29, 1.82) is 0 Å². The lowest BCUT2D eigenvalue weighted by atomic mass is 10.1. The van der Waals surface area contributed by atoms with Gasteiger partial charge in [0.25, 0.3) is 5.69 Å². The molecule has 144 valence electrons. The van der Waals surface area contributed by atoms with E-state index in [1.54, 1.807) is 0 Å². The maximum absolute atomic E-state index is 12.6. The predicted octanol–water partition coefficient (Wildman–Crippen LogP) is 3.12. The Kier molecular flexibility index (Phi) is 6.19. The summed E-state index contributed by atoms with van der Waals surface area (Å²) in [6.45, 7) is 3.21. The summed E-state index contributed by atoms with van der Waals surface area (Å²) < 4.78 is 26.1. The number of anilines is 1. The van der Waals surface area contributed by atoms with Crippen LogP contribution < -0.4 is 5.32 Å². The molecule has 2 aromatic carbocycles.